The average Bonchev–Trinajstić information content (AvgIpc) is 2.54. The Morgan fingerprint density at radius 3 is 2.28 bits per heavy atom. The Hall–Kier alpha value is -2.74. The van der Waals surface area contributed by atoms with Gasteiger partial charge in [0.15, 0.2) is 9.92 Å². The third kappa shape index (κ3) is 5.39. The molecule has 0 spiro atoms. The van der Waals surface area contributed by atoms with E-state index in [1.54, 1.807) is 51.1 Å². The van der Waals surface area contributed by atoms with Crippen LogP contribution in [0.1, 0.15) is 31.3 Å². The SMILES string of the molecule is CC(C)(C)OC(=O)N=S(=O)(NC(=O)c1ccccn1)c1ccccc1. The first kappa shape index (κ1) is 18.6. The fraction of sp³-hybridized carbons (Fsp3) is 0.235. The number of ether oxygens (including phenoxy) is 1. The first-order valence-electron chi connectivity index (χ1n) is 7.48. The second-order valence-corrected chi connectivity index (χ2v) is 7.97. The number of amides is 2. The lowest BCUT2D eigenvalue weighted by Crippen LogP contribution is -2.32. The van der Waals surface area contributed by atoms with Gasteiger partial charge in [0.05, 0.1) is 4.90 Å². The number of pyridine rings is 1. The van der Waals surface area contributed by atoms with Gasteiger partial charge in [0.25, 0.3) is 5.91 Å². The van der Waals surface area contributed by atoms with Crippen LogP contribution in [-0.4, -0.2) is 26.8 Å². The van der Waals surface area contributed by atoms with Gasteiger partial charge in [-0.05, 0) is 45.0 Å². The van der Waals surface area contributed by atoms with Crippen LogP contribution in [0.2, 0.25) is 0 Å². The number of aromatic nitrogens is 1. The molecule has 0 saturated heterocycles. The lowest BCUT2D eigenvalue weighted by Gasteiger charge is -2.18. The topological polar surface area (TPSA) is 97.7 Å². The smallest absolute Gasteiger partial charge is 0.442 e. The van der Waals surface area contributed by atoms with Crippen LogP contribution in [0.25, 0.3) is 0 Å². The molecule has 1 heterocycles. The van der Waals surface area contributed by atoms with Crippen molar-refractivity contribution in [2.45, 2.75) is 31.3 Å². The van der Waals surface area contributed by atoms with Crippen LogP contribution >= 0.6 is 0 Å². The van der Waals surface area contributed by atoms with Gasteiger partial charge in [-0.25, -0.2) is 9.00 Å². The Morgan fingerprint density at radius 1 is 1.08 bits per heavy atom. The molecule has 0 saturated carbocycles. The van der Waals surface area contributed by atoms with E-state index in [2.05, 4.69) is 14.1 Å². The van der Waals surface area contributed by atoms with Gasteiger partial charge in [0.1, 0.15) is 11.3 Å². The standard InChI is InChI=1S/C17H19N3O4S/c1-17(2,3)24-16(22)20-25(23,13-9-5-4-6-10-13)19-15(21)14-11-7-8-12-18-14/h4-12H,1-3H3,(H,19,20,21,22,23). The summed E-state index contributed by atoms with van der Waals surface area (Å²) in [7, 11) is -3.58. The molecule has 25 heavy (non-hydrogen) atoms. The van der Waals surface area contributed by atoms with E-state index >= 15 is 0 Å². The highest BCUT2D eigenvalue weighted by Gasteiger charge is 2.23. The quantitative estimate of drug-likeness (QED) is 0.905. The van der Waals surface area contributed by atoms with Crippen molar-refractivity contribution in [2.75, 3.05) is 0 Å². The summed E-state index contributed by atoms with van der Waals surface area (Å²) >= 11 is 0. The van der Waals surface area contributed by atoms with E-state index in [1.165, 1.54) is 24.4 Å². The van der Waals surface area contributed by atoms with E-state index in [4.69, 9.17) is 4.74 Å². The zero-order chi connectivity index (χ0) is 18.5. The maximum Gasteiger partial charge on any atom is 0.444 e. The highest BCUT2D eigenvalue weighted by molar-refractivity contribution is 7.92. The Bertz CT molecular complexity index is 868. The molecule has 1 atom stereocenters. The highest BCUT2D eigenvalue weighted by Crippen LogP contribution is 2.15. The van der Waals surface area contributed by atoms with Crippen LogP contribution in [0, 0.1) is 0 Å². The Labute approximate surface area is 146 Å². The summed E-state index contributed by atoms with van der Waals surface area (Å²) in [5.74, 6) is -0.707. The summed E-state index contributed by atoms with van der Waals surface area (Å²) in [6.07, 6.45) is 0.409. The van der Waals surface area contributed by atoms with Gasteiger partial charge in [-0.15, -0.1) is 4.36 Å². The van der Waals surface area contributed by atoms with Crippen molar-refractivity contribution < 1.29 is 18.5 Å². The van der Waals surface area contributed by atoms with Crippen LogP contribution in [0.15, 0.2) is 64.0 Å². The molecule has 2 aromatic rings. The van der Waals surface area contributed by atoms with Crippen molar-refractivity contribution in [1.29, 1.82) is 0 Å². The largest absolute Gasteiger partial charge is 0.444 e. The molecule has 0 fully saturated rings. The molecule has 2 amide bonds. The van der Waals surface area contributed by atoms with Gasteiger partial charge in [-0.2, -0.15) is 0 Å². The molecule has 0 aliphatic rings. The molecule has 0 aliphatic carbocycles. The maximum atomic E-state index is 13.2. The van der Waals surface area contributed by atoms with E-state index in [9.17, 15) is 13.8 Å². The summed E-state index contributed by atoms with van der Waals surface area (Å²) in [5.41, 5.74) is -0.742. The van der Waals surface area contributed by atoms with Gasteiger partial charge in [0.2, 0.25) is 0 Å². The zero-order valence-electron chi connectivity index (χ0n) is 14.1. The van der Waals surface area contributed by atoms with E-state index in [0.29, 0.717) is 0 Å². The predicted octanol–water partition coefficient (Wildman–Crippen LogP) is 3.19. The Morgan fingerprint density at radius 2 is 1.72 bits per heavy atom. The molecule has 1 unspecified atom stereocenters. The fourth-order valence-electron chi connectivity index (χ4n) is 1.80. The molecule has 0 aliphatic heterocycles. The number of carbonyl (C=O) groups excluding carboxylic acids is 2. The molecule has 2 rings (SSSR count). The number of benzene rings is 1. The van der Waals surface area contributed by atoms with Crippen molar-refractivity contribution in [3.05, 3.63) is 60.4 Å². The van der Waals surface area contributed by atoms with Crippen LogP contribution in [0.3, 0.4) is 0 Å². The maximum absolute atomic E-state index is 13.2. The minimum atomic E-state index is -3.58. The minimum absolute atomic E-state index is 0.0607. The van der Waals surface area contributed by atoms with Gasteiger partial charge in [-0.1, -0.05) is 24.3 Å². The lowest BCUT2D eigenvalue weighted by molar-refractivity contribution is 0.0607. The summed E-state index contributed by atoms with van der Waals surface area (Å²) in [4.78, 5) is 28.5. The van der Waals surface area contributed by atoms with Crippen LogP contribution in [-0.2, 0) is 14.7 Å². The second-order valence-electron chi connectivity index (χ2n) is 6.06. The van der Waals surface area contributed by atoms with Gasteiger partial charge < -0.3 is 4.74 Å². The average molecular weight is 361 g/mol. The molecule has 0 radical (unpaired) electrons. The van der Waals surface area contributed by atoms with E-state index in [1.807, 2.05) is 0 Å². The number of rotatable bonds is 3. The van der Waals surface area contributed by atoms with Crippen molar-refractivity contribution in [3.63, 3.8) is 0 Å². The number of carbonyl (C=O) groups is 2. The van der Waals surface area contributed by atoms with Crippen LogP contribution in [0.4, 0.5) is 4.79 Å². The summed E-state index contributed by atoms with van der Waals surface area (Å²) < 4.78 is 24.3. The van der Waals surface area contributed by atoms with Gasteiger partial charge in [0, 0.05) is 6.20 Å². The molecule has 1 aromatic carbocycles. The molecule has 132 valence electrons. The highest BCUT2D eigenvalue weighted by atomic mass is 32.2. The van der Waals surface area contributed by atoms with E-state index in [-0.39, 0.29) is 10.6 Å². The second kappa shape index (κ2) is 7.43. The molecule has 1 aromatic heterocycles. The molecule has 1 N–H and O–H groups in total. The molecular weight excluding hydrogens is 342 g/mol. The molecule has 8 heteroatoms. The third-order valence-corrected chi connectivity index (χ3v) is 4.57. The first-order chi connectivity index (χ1) is 11.7. The van der Waals surface area contributed by atoms with Crippen molar-refractivity contribution >= 4 is 21.9 Å². The summed E-state index contributed by atoms with van der Waals surface area (Å²) in [6.45, 7) is 4.99. The van der Waals surface area contributed by atoms with E-state index < -0.39 is 27.5 Å². The Balaban J connectivity index is 2.42. The Kier molecular flexibility index (Phi) is 5.53. The number of hydrogen-bond donors (Lipinski definition) is 1. The molecular formula is C17H19N3O4S. The van der Waals surface area contributed by atoms with Gasteiger partial charge in [-0.3, -0.25) is 14.5 Å². The van der Waals surface area contributed by atoms with Crippen molar-refractivity contribution in [2.24, 2.45) is 4.36 Å². The van der Waals surface area contributed by atoms with Crippen LogP contribution < -0.4 is 4.72 Å². The zero-order valence-corrected chi connectivity index (χ0v) is 14.9. The number of nitrogens with zero attached hydrogens (tertiary/aromatic N) is 2. The fourth-order valence-corrected chi connectivity index (χ4v) is 3.20. The lowest BCUT2D eigenvalue weighted by atomic mass is 10.2. The van der Waals surface area contributed by atoms with Crippen molar-refractivity contribution in [3.8, 4) is 0 Å². The summed E-state index contributed by atoms with van der Waals surface area (Å²) in [6, 6.07) is 12.7. The monoisotopic (exact) mass is 361 g/mol. The predicted molar refractivity (Wildman–Crippen MR) is 93.2 cm³/mol. The molecule has 0 bridgehead atoms. The third-order valence-electron chi connectivity index (χ3n) is 2.79. The van der Waals surface area contributed by atoms with Gasteiger partial charge >= 0.3 is 6.09 Å². The number of nitrogens with one attached hydrogen (secondary N) is 1. The summed E-state index contributed by atoms with van der Waals surface area (Å²) in [5, 5.41) is 0. The van der Waals surface area contributed by atoms with Crippen molar-refractivity contribution in [1.82, 2.24) is 9.71 Å². The number of hydrogen-bond acceptors (Lipinski definition) is 5. The first-order valence-corrected chi connectivity index (χ1v) is 8.99. The molecule has 7 nitrogen and oxygen atoms in total. The minimum Gasteiger partial charge on any atom is -0.442 e. The van der Waals surface area contributed by atoms with Crippen LogP contribution in [0.5, 0.6) is 0 Å². The normalized spacial score (nSPS) is 13.4. The van der Waals surface area contributed by atoms with E-state index in [0.717, 1.165) is 0 Å².